The minimum absolute atomic E-state index is 0.0686. The van der Waals surface area contributed by atoms with E-state index in [1.807, 2.05) is 24.3 Å². The molecular formula is C15H13N5O2. The Morgan fingerprint density at radius 3 is 2.68 bits per heavy atom. The molecule has 1 N–H and O–H groups in total. The molecule has 7 nitrogen and oxygen atoms in total. The van der Waals surface area contributed by atoms with Gasteiger partial charge in [0.05, 0.1) is 18.5 Å². The predicted octanol–water partition coefficient (Wildman–Crippen LogP) is 2.13. The van der Waals surface area contributed by atoms with Gasteiger partial charge in [-0.15, -0.1) is 5.10 Å². The predicted molar refractivity (Wildman–Crippen MR) is 81.1 cm³/mol. The largest absolute Gasteiger partial charge is 0.504 e. The molecule has 0 amide bonds. The molecule has 0 aliphatic rings. The quantitative estimate of drug-likeness (QED) is 0.745. The number of ether oxygens (including phenoxy) is 1. The van der Waals surface area contributed by atoms with Crippen LogP contribution in [-0.4, -0.2) is 38.6 Å². The fourth-order valence-electron chi connectivity index (χ4n) is 1.92. The third-order valence-corrected chi connectivity index (χ3v) is 3.07. The fraction of sp³-hybridized carbons (Fsp3) is 0.0667. The molecule has 0 saturated carbocycles. The number of benzene rings is 2. The van der Waals surface area contributed by atoms with Crippen molar-refractivity contribution in [3.8, 4) is 17.2 Å². The summed E-state index contributed by atoms with van der Waals surface area (Å²) in [6, 6.07) is 12.6. The molecule has 3 rings (SSSR count). The number of aliphatic imine (C=N–C) groups is 1. The van der Waals surface area contributed by atoms with E-state index in [-0.39, 0.29) is 5.75 Å². The molecule has 22 heavy (non-hydrogen) atoms. The number of aromatic hydroxyl groups is 1. The van der Waals surface area contributed by atoms with Gasteiger partial charge in [-0.1, -0.05) is 6.07 Å². The van der Waals surface area contributed by atoms with E-state index < -0.39 is 0 Å². The maximum absolute atomic E-state index is 9.99. The lowest BCUT2D eigenvalue weighted by atomic mass is 10.2. The molecule has 1 aromatic heterocycles. The summed E-state index contributed by atoms with van der Waals surface area (Å²) in [6.45, 7) is 0. The number of rotatable bonds is 4. The third kappa shape index (κ3) is 2.78. The first-order valence-electron chi connectivity index (χ1n) is 6.51. The van der Waals surface area contributed by atoms with E-state index >= 15 is 0 Å². The van der Waals surface area contributed by atoms with E-state index in [1.54, 1.807) is 29.1 Å². The number of nitrogens with zero attached hydrogens (tertiary/aromatic N) is 5. The molecule has 0 atom stereocenters. The van der Waals surface area contributed by atoms with Crippen molar-refractivity contribution in [2.24, 2.45) is 4.99 Å². The highest BCUT2D eigenvalue weighted by Crippen LogP contribution is 2.28. The molecule has 0 radical (unpaired) electrons. The van der Waals surface area contributed by atoms with Crippen molar-refractivity contribution >= 4 is 11.9 Å². The summed E-state index contributed by atoms with van der Waals surface area (Å²) in [6.07, 6.45) is 3.11. The van der Waals surface area contributed by atoms with Gasteiger partial charge in [-0.05, 0) is 46.8 Å². The summed E-state index contributed by atoms with van der Waals surface area (Å²) in [7, 11) is 1.51. The average Bonchev–Trinajstić information content (AvgIpc) is 3.09. The molecule has 2 aromatic carbocycles. The Bertz CT molecular complexity index is 782. The Morgan fingerprint density at radius 1 is 1.18 bits per heavy atom. The van der Waals surface area contributed by atoms with Crippen molar-refractivity contribution in [1.29, 1.82) is 0 Å². The monoisotopic (exact) mass is 295 g/mol. The molecule has 0 saturated heterocycles. The zero-order valence-electron chi connectivity index (χ0n) is 11.8. The zero-order valence-corrected chi connectivity index (χ0v) is 11.8. The van der Waals surface area contributed by atoms with E-state index in [0.717, 1.165) is 11.4 Å². The number of hydrogen-bond donors (Lipinski definition) is 1. The zero-order chi connectivity index (χ0) is 15.4. The van der Waals surface area contributed by atoms with Gasteiger partial charge < -0.3 is 9.84 Å². The molecule has 0 aliphatic heterocycles. The van der Waals surface area contributed by atoms with Gasteiger partial charge in [-0.3, -0.25) is 4.99 Å². The van der Waals surface area contributed by atoms with Crippen LogP contribution in [0.4, 0.5) is 5.69 Å². The van der Waals surface area contributed by atoms with Gasteiger partial charge in [0.25, 0.3) is 0 Å². The Hall–Kier alpha value is -3.22. The van der Waals surface area contributed by atoms with E-state index in [1.165, 1.54) is 13.4 Å². The molecule has 0 fully saturated rings. The van der Waals surface area contributed by atoms with Crippen LogP contribution in [0.5, 0.6) is 11.5 Å². The Kier molecular flexibility index (Phi) is 3.78. The number of phenolic OH excluding ortho intramolecular Hbond substituents is 1. The molecule has 110 valence electrons. The van der Waals surface area contributed by atoms with Gasteiger partial charge in [0.15, 0.2) is 11.5 Å². The lowest BCUT2D eigenvalue weighted by molar-refractivity contribution is 0.373. The number of tetrazole rings is 1. The number of phenols is 1. The molecule has 3 aromatic rings. The van der Waals surface area contributed by atoms with Crippen molar-refractivity contribution in [2.45, 2.75) is 0 Å². The Labute approximate surface area is 126 Å². The van der Waals surface area contributed by atoms with Crippen LogP contribution in [0.3, 0.4) is 0 Å². The third-order valence-electron chi connectivity index (χ3n) is 3.07. The molecule has 1 heterocycles. The second-order valence-corrected chi connectivity index (χ2v) is 4.43. The number of methoxy groups -OCH3 is 1. The van der Waals surface area contributed by atoms with Gasteiger partial charge >= 0.3 is 0 Å². The molecular weight excluding hydrogens is 282 g/mol. The van der Waals surface area contributed by atoms with Crippen LogP contribution in [0.25, 0.3) is 5.69 Å². The van der Waals surface area contributed by atoms with Crippen molar-refractivity contribution in [2.75, 3.05) is 7.11 Å². The minimum atomic E-state index is 0.0686. The van der Waals surface area contributed by atoms with Crippen LogP contribution in [0.15, 0.2) is 53.8 Å². The highest BCUT2D eigenvalue weighted by Gasteiger charge is 2.04. The van der Waals surface area contributed by atoms with Crippen LogP contribution in [0, 0.1) is 0 Å². The maximum Gasteiger partial charge on any atom is 0.166 e. The summed E-state index contributed by atoms with van der Waals surface area (Å²) < 4.78 is 6.62. The maximum atomic E-state index is 9.99. The van der Waals surface area contributed by atoms with Crippen molar-refractivity contribution in [3.05, 3.63) is 54.4 Å². The second-order valence-electron chi connectivity index (χ2n) is 4.43. The molecule has 7 heteroatoms. The van der Waals surface area contributed by atoms with Crippen LogP contribution in [-0.2, 0) is 0 Å². The first-order valence-corrected chi connectivity index (χ1v) is 6.51. The topological polar surface area (TPSA) is 85.4 Å². The van der Waals surface area contributed by atoms with Gasteiger partial charge in [0.2, 0.25) is 0 Å². The summed E-state index contributed by atoms with van der Waals surface area (Å²) in [5.41, 5.74) is 2.18. The van der Waals surface area contributed by atoms with Crippen LogP contribution >= 0.6 is 0 Å². The molecule has 0 unspecified atom stereocenters. The number of hydrogen-bond acceptors (Lipinski definition) is 6. The number of para-hydroxylation sites is 1. The van der Waals surface area contributed by atoms with Crippen molar-refractivity contribution in [3.63, 3.8) is 0 Å². The Balaban J connectivity index is 1.81. The first kappa shape index (κ1) is 13.7. The second kappa shape index (κ2) is 6.04. The summed E-state index contributed by atoms with van der Waals surface area (Å²) in [5, 5.41) is 21.0. The average molecular weight is 295 g/mol. The van der Waals surface area contributed by atoms with Crippen LogP contribution in [0.2, 0.25) is 0 Å². The van der Waals surface area contributed by atoms with Crippen molar-refractivity contribution in [1.82, 2.24) is 20.2 Å². The van der Waals surface area contributed by atoms with Crippen LogP contribution < -0.4 is 4.74 Å². The molecule has 0 spiro atoms. The molecule has 0 aliphatic carbocycles. The lowest BCUT2D eigenvalue weighted by Gasteiger charge is -2.05. The standard InChI is InChI=1S/C15H13N5O2/c1-22-14-4-2-3-11(15(14)21)9-16-12-5-7-13(8-6-12)20-10-17-18-19-20/h2-10,21H,1H3. The van der Waals surface area contributed by atoms with Gasteiger partial charge in [-0.25, -0.2) is 4.68 Å². The summed E-state index contributed by atoms with van der Waals surface area (Å²) in [4.78, 5) is 4.33. The van der Waals surface area contributed by atoms with E-state index in [0.29, 0.717) is 11.3 Å². The normalized spacial score (nSPS) is 11.0. The van der Waals surface area contributed by atoms with E-state index in [4.69, 9.17) is 4.74 Å². The van der Waals surface area contributed by atoms with Gasteiger partial charge in [0, 0.05) is 11.8 Å². The minimum Gasteiger partial charge on any atom is -0.504 e. The Morgan fingerprint density at radius 2 is 2.00 bits per heavy atom. The van der Waals surface area contributed by atoms with Gasteiger partial charge in [-0.2, -0.15) is 0 Å². The van der Waals surface area contributed by atoms with E-state index in [9.17, 15) is 5.11 Å². The summed E-state index contributed by atoms with van der Waals surface area (Å²) >= 11 is 0. The fourth-order valence-corrected chi connectivity index (χ4v) is 1.92. The van der Waals surface area contributed by atoms with Crippen LogP contribution in [0.1, 0.15) is 5.56 Å². The lowest BCUT2D eigenvalue weighted by Crippen LogP contribution is -1.93. The highest BCUT2D eigenvalue weighted by molar-refractivity contribution is 5.86. The number of aromatic nitrogens is 4. The molecule has 0 bridgehead atoms. The van der Waals surface area contributed by atoms with Gasteiger partial charge in [0.1, 0.15) is 6.33 Å². The first-order chi connectivity index (χ1) is 10.8. The van der Waals surface area contributed by atoms with E-state index in [2.05, 4.69) is 20.5 Å². The highest BCUT2D eigenvalue weighted by atomic mass is 16.5. The van der Waals surface area contributed by atoms with Crippen molar-refractivity contribution < 1.29 is 9.84 Å². The smallest absolute Gasteiger partial charge is 0.166 e. The SMILES string of the molecule is COc1cccc(C=Nc2ccc(-n3cnnn3)cc2)c1O. The summed E-state index contributed by atoms with van der Waals surface area (Å²) in [5.74, 6) is 0.483.